The molecule has 0 bridgehead atoms. The van der Waals surface area contributed by atoms with Crippen molar-refractivity contribution in [2.45, 2.75) is 62.3 Å². The number of hydrogen-bond donors (Lipinski definition) is 2. The first-order chi connectivity index (χ1) is 15.8. The smallest absolute Gasteiger partial charge is 0.243 e. The molecule has 1 heterocycles. The molecule has 176 valence electrons. The number of anilines is 2. The summed E-state index contributed by atoms with van der Waals surface area (Å²) < 4.78 is 27.4. The second-order valence-corrected chi connectivity index (χ2v) is 11.0. The van der Waals surface area contributed by atoms with Crippen LogP contribution in [0.4, 0.5) is 11.4 Å². The Hall–Kier alpha value is -2.71. The van der Waals surface area contributed by atoms with Crippen LogP contribution in [0.3, 0.4) is 0 Å². The summed E-state index contributed by atoms with van der Waals surface area (Å²) >= 11 is 0. The molecule has 0 radical (unpaired) electrons. The van der Waals surface area contributed by atoms with Crippen molar-refractivity contribution in [3.8, 4) is 0 Å². The van der Waals surface area contributed by atoms with Gasteiger partial charge in [-0.1, -0.05) is 37.5 Å². The van der Waals surface area contributed by atoms with Crippen LogP contribution in [0.1, 0.15) is 50.5 Å². The van der Waals surface area contributed by atoms with E-state index in [9.17, 15) is 18.0 Å². The molecule has 2 amide bonds. The topological polar surface area (TPSA) is 95.6 Å². The highest BCUT2D eigenvalue weighted by atomic mass is 32.2. The molecule has 33 heavy (non-hydrogen) atoms. The number of carbonyl (C=O) groups excluding carboxylic acids is 2. The fourth-order valence-electron chi connectivity index (χ4n) is 4.69. The highest BCUT2D eigenvalue weighted by molar-refractivity contribution is 7.89. The summed E-state index contributed by atoms with van der Waals surface area (Å²) in [5, 5.41) is 5.71. The van der Waals surface area contributed by atoms with Gasteiger partial charge in [-0.3, -0.25) is 9.59 Å². The van der Waals surface area contributed by atoms with Gasteiger partial charge in [0.2, 0.25) is 21.8 Å². The van der Waals surface area contributed by atoms with Crippen LogP contribution in [0.2, 0.25) is 0 Å². The lowest BCUT2D eigenvalue weighted by Crippen LogP contribution is -2.38. The molecule has 2 aliphatic rings. The third-order valence-corrected chi connectivity index (χ3v) is 8.66. The standard InChI is InChI=1S/C25H31N3O4S/c1-28(21-8-3-2-4-9-21)33(31,32)22-14-12-20(13-15-22)26-24(29)16-11-19-17-18-7-5-6-10-23(18)27-25(19)30/h5-7,10,12-15,19,21H,2-4,8-9,11,16-17H2,1H3,(H,26,29)(H,27,30)/t19-/m1/s1. The minimum Gasteiger partial charge on any atom is -0.326 e. The molecular formula is C25H31N3O4S. The maximum atomic E-state index is 13.0. The van der Waals surface area contributed by atoms with Crippen LogP contribution in [-0.4, -0.2) is 37.6 Å². The molecule has 0 aromatic heterocycles. The number of nitrogens with zero attached hydrogens (tertiary/aromatic N) is 1. The van der Waals surface area contributed by atoms with Crippen LogP contribution in [0, 0.1) is 5.92 Å². The van der Waals surface area contributed by atoms with Crippen LogP contribution >= 0.6 is 0 Å². The highest BCUT2D eigenvalue weighted by Crippen LogP contribution is 2.29. The molecule has 0 spiro atoms. The van der Waals surface area contributed by atoms with Gasteiger partial charge in [0.15, 0.2) is 0 Å². The lowest BCUT2D eigenvalue weighted by atomic mass is 9.89. The number of carbonyl (C=O) groups is 2. The Kier molecular flexibility index (Phi) is 7.14. The van der Waals surface area contributed by atoms with E-state index in [-0.39, 0.29) is 35.1 Å². The monoisotopic (exact) mass is 469 g/mol. The van der Waals surface area contributed by atoms with Crippen LogP contribution in [-0.2, 0) is 26.0 Å². The van der Waals surface area contributed by atoms with E-state index in [4.69, 9.17) is 0 Å². The van der Waals surface area contributed by atoms with Gasteiger partial charge in [-0.2, -0.15) is 4.31 Å². The van der Waals surface area contributed by atoms with Crippen LogP contribution in [0.5, 0.6) is 0 Å². The molecule has 0 unspecified atom stereocenters. The first-order valence-electron chi connectivity index (χ1n) is 11.6. The Balaban J connectivity index is 1.31. The average molecular weight is 470 g/mol. The largest absolute Gasteiger partial charge is 0.326 e. The fraction of sp³-hybridized carbons (Fsp3) is 0.440. The summed E-state index contributed by atoms with van der Waals surface area (Å²) in [5.74, 6) is -0.497. The first-order valence-corrected chi connectivity index (χ1v) is 13.1. The van der Waals surface area contributed by atoms with Crippen molar-refractivity contribution in [3.05, 3.63) is 54.1 Å². The van der Waals surface area contributed by atoms with E-state index in [2.05, 4.69) is 10.6 Å². The highest BCUT2D eigenvalue weighted by Gasteiger charge is 2.29. The molecule has 2 N–H and O–H groups in total. The minimum absolute atomic E-state index is 0.0482. The third-order valence-electron chi connectivity index (χ3n) is 6.74. The van der Waals surface area contributed by atoms with Gasteiger partial charge in [0, 0.05) is 36.8 Å². The normalized spacial score (nSPS) is 19.1. The summed E-state index contributed by atoms with van der Waals surface area (Å²) in [6.07, 6.45) is 6.36. The number of benzene rings is 2. The SMILES string of the molecule is CN(C1CCCCC1)S(=O)(=O)c1ccc(NC(=O)CC[C@@H]2Cc3ccccc3NC2=O)cc1. The summed E-state index contributed by atoms with van der Waals surface area (Å²) in [7, 11) is -1.91. The van der Waals surface area contributed by atoms with E-state index < -0.39 is 10.0 Å². The molecule has 7 nitrogen and oxygen atoms in total. The number of fused-ring (bicyclic) bond motifs is 1. The van der Waals surface area contributed by atoms with Gasteiger partial charge in [-0.05, 0) is 61.6 Å². The molecule has 1 atom stereocenters. The average Bonchev–Trinajstić information content (AvgIpc) is 2.83. The molecule has 2 aromatic carbocycles. The second-order valence-electron chi connectivity index (χ2n) is 8.97. The predicted molar refractivity (Wildman–Crippen MR) is 128 cm³/mol. The summed E-state index contributed by atoms with van der Waals surface area (Å²) in [5.41, 5.74) is 2.46. The Morgan fingerprint density at radius 3 is 2.48 bits per heavy atom. The molecular weight excluding hydrogens is 438 g/mol. The van der Waals surface area contributed by atoms with E-state index in [1.807, 2.05) is 24.3 Å². The maximum absolute atomic E-state index is 13.0. The van der Waals surface area contributed by atoms with Gasteiger partial charge >= 0.3 is 0 Å². The van der Waals surface area contributed by atoms with Gasteiger partial charge in [-0.15, -0.1) is 0 Å². The molecule has 4 rings (SSSR count). The number of amides is 2. The number of rotatable bonds is 7. The Morgan fingerprint density at radius 2 is 1.76 bits per heavy atom. The van der Waals surface area contributed by atoms with Crippen molar-refractivity contribution in [1.29, 1.82) is 0 Å². The zero-order valence-corrected chi connectivity index (χ0v) is 19.7. The molecule has 1 fully saturated rings. The van der Waals surface area contributed by atoms with E-state index in [0.717, 1.165) is 43.4 Å². The molecule has 2 aromatic rings. The molecule has 1 saturated carbocycles. The Labute approximate surface area is 195 Å². The van der Waals surface area contributed by atoms with E-state index in [1.165, 1.54) is 16.4 Å². The quantitative estimate of drug-likeness (QED) is 0.636. The second kappa shape index (κ2) is 10.1. The molecule has 1 aliphatic carbocycles. The van der Waals surface area contributed by atoms with Crippen molar-refractivity contribution in [2.24, 2.45) is 5.92 Å². The number of nitrogens with one attached hydrogen (secondary N) is 2. The van der Waals surface area contributed by atoms with Crippen molar-refractivity contribution in [1.82, 2.24) is 4.31 Å². The van der Waals surface area contributed by atoms with Gasteiger partial charge in [0.1, 0.15) is 0 Å². The number of para-hydroxylation sites is 1. The first kappa shape index (κ1) is 23.4. The molecule has 1 aliphatic heterocycles. The van der Waals surface area contributed by atoms with E-state index in [1.54, 1.807) is 19.2 Å². The summed E-state index contributed by atoms with van der Waals surface area (Å²) in [6, 6.07) is 14.1. The van der Waals surface area contributed by atoms with E-state index in [0.29, 0.717) is 18.5 Å². The number of hydrogen-bond acceptors (Lipinski definition) is 4. The molecule has 8 heteroatoms. The van der Waals surface area contributed by atoms with Gasteiger partial charge in [0.05, 0.1) is 4.90 Å². The summed E-state index contributed by atoms with van der Waals surface area (Å²) in [4.78, 5) is 25.0. The third kappa shape index (κ3) is 5.45. The lowest BCUT2D eigenvalue weighted by molar-refractivity contribution is -0.121. The van der Waals surface area contributed by atoms with Crippen LogP contribution in [0.25, 0.3) is 0 Å². The van der Waals surface area contributed by atoms with Gasteiger partial charge in [0.25, 0.3) is 0 Å². The molecule has 0 saturated heterocycles. The van der Waals surface area contributed by atoms with Crippen LogP contribution in [0.15, 0.2) is 53.4 Å². The Bertz CT molecular complexity index is 1110. The fourth-order valence-corrected chi connectivity index (χ4v) is 6.11. The lowest BCUT2D eigenvalue weighted by Gasteiger charge is -2.30. The zero-order chi connectivity index (χ0) is 23.4. The maximum Gasteiger partial charge on any atom is 0.243 e. The zero-order valence-electron chi connectivity index (χ0n) is 18.9. The minimum atomic E-state index is -3.56. The van der Waals surface area contributed by atoms with Crippen molar-refractivity contribution >= 4 is 33.2 Å². The van der Waals surface area contributed by atoms with Crippen molar-refractivity contribution in [2.75, 3.05) is 17.7 Å². The van der Waals surface area contributed by atoms with Crippen molar-refractivity contribution in [3.63, 3.8) is 0 Å². The van der Waals surface area contributed by atoms with Gasteiger partial charge in [-0.25, -0.2) is 8.42 Å². The van der Waals surface area contributed by atoms with Crippen molar-refractivity contribution < 1.29 is 18.0 Å². The number of sulfonamides is 1. The Morgan fingerprint density at radius 1 is 1.06 bits per heavy atom. The predicted octanol–water partition coefficient (Wildman–Crippen LogP) is 4.17. The summed E-state index contributed by atoms with van der Waals surface area (Å²) in [6.45, 7) is 0. The van der Waals surface area contributed by atoms with Gasteiger partial charge < -0.3 is 10.6 Å². The van der Waals surface area contributed by atoms with Crippen LogP contribution < -0.4 is 10.6 Å². The van der Waals surface area contributed by atoms with E-state index >= 15 is 0 Å².